The summed E-state index contributed by atoms with van der Waals surface area (Å²) in [4.78, 5) is 30.5. The molecule has 1 N–H and O–H groups in total. The number of ether oxygens (including phenoxy) is 1. The van der Waals surface area contributed by atoms with Crippen molar-refractivity contribution in [3.8, 4) is 5.75 Å². The normalized spacial score (nSPS) is 16.1. The van der Waals surface area contributed by atoms with Crippen molar-refractivity contribution in [2.24, 2.45) is 0 Å². The Morgan fingerprint density at radius 3 is 2.60 bits per heavy atom. The topological polar surface area (TPSA) is 110 Å². The third kappa shape index (κ3) is 5.67. The minimum absolute atomic E-state index is 0.158. The molecular formula is C29H39N7O3S. The van der Waals surface area contributed by atoms with Gasteiger partial charge in [-0.15, -0.1) is 11.8 Å². The highest BCUT2D eigenvalue weighted by molar-refractivity contribution is 7.99. The first-order valence-electron chi connectivity index (χ1n) is 13.9. The maximum atomic E-state index is 12.4. The lowest BCUT2D eigenvalue weighted by Crippen LogP contribution is -2.46. The number of aryl methyl sites for hydroxylation is 1. The average Bonchev–Trinajstić information content (AvgIpc) is 3.13. The zero-order chi connectivity index (χ0) is 28.6. The fourth-order valence-corrected chi connectivity index (χ4v) is 6.58. The largest absolute Gasteiger partial charge is 0.496 e. The van der Waals surface area contributed by atoms with Crippen molar-refractivity contribution >= 4 is 40.9 Å². The van der Waals surface area contributed by atoms with E-state index < -0.39 is 11.6 Å². The Balaban J connectivity index is 1.59. The Morgan fingerprint density at radius 2 is 1.93 bits per heavy atom. The number of likely N-dealkylation sites (tertiary alicyclic amines) is 1. The van der Waals surface area contributed by atoms with Crippen LogP contribution < -0.4 is 9.64 Å². The zero-order valence-corrected chi connectivity index (χ0v) is 25.1. The fraction of sp³-hybridized carbons (Fsp3) is 0.552. The van der Waals surface area contributed by atoms with Crippen molar-refractivity contribution in [3.63, 3.8) is 0 Å². The van der Waals surface area contributed by atoms with E-state index in [0.29, 0.717) is 12.2 Å². The van der Waals surface area contributed by atoms with Gasteiger partial charge in [-0.2, -0.15) is 10.1 Å². The Hall–Kier alpha value is -3.18. The molecule has 5 heterocycles. The summed E-state index contributed by atoms with van der Waals surface area (Å²) in [6.45, 7) is 13.2. The van der Waals surface area contributed by atoms with Crippen LogP contribution in [0.3, 0.4) is 0 Å². The zero-order valence-electron chi connectivity index (χ0n) is 24.3. The van der Waals surface area contributed by atoms with Crippen molar-refractivity contribution in [3.05, 3.63) is 34.3 Å². The SMILES string of the molecule is COc1c(C)cnc(Cn2nc3c4c(nc(N(C(=O)O)C(C)(C)C)nc42)SCC(CCN2CCCCC2)=C3)c1C. The number of hydrogen-bond acceptors (Lipinski definition) is 8. The minimum Gasteiger partial charge on any atom is -0.496 e. The second-order valence-corrected chi connectivity index (χ2v) is 12.6. The summed E-state index contributed by atoms with van der Waals surface area (Å²) in [6, 6.07) is 0. The van der Waals surface area contributed by atoms with E-state index in [0.717, 1.165) is 57.4 Å². The van der Waals surface area contributed by atoms with Gasteiger partial charge in [-0.3, -0.25) is 4.98 Å². The monoisotopic (exact) mass is 565 g/mol. The molecule has 0 bridgehead atoms. The summed E-state index contributed by atoms with van der Waals surface area (Å²) >= 11 is 1.63. The predicted octanol–water partition coefficient (Wildman–Crippen LogP) is 5.54. The Bertz CT molecular complexity index is 1450. The van der Waals surface area contributed by atoms with Crippen LogP contribution in [-0.4, -0.2) is 78.9 Å². The van der Waals surface area contributed by atoms with Crippen LogP contribution in [0.15, 0.2) is 16.8 Å². The molecule has 0 atom stereocenters. The van der Waals surface area contributed by atoms with Crippen molar-refractivity contribution < 1.29 is 14.6 Å². The van der Waals surface area contributed by atoms with E-state index in [1.54, 1.807) is 18.9 Å². The Labute approximate surface area is 239 Å². The molecule has 3 aromatic rings. The molecule has 3 aromatic heterocycles. The molecule has 10 nitrogen and oxygen atoms in total. The molecule has 2 aliphatic heterocycles. The van der Waals surface area contributed by atoms with Gasteiger partial charge in [0.25, 0.3) is 0 Å². The van der Waals surface area contributed by atoms with Crippen LogP contribution in [0.5, 0.6) is 5.75 Å². The van der Waals surface area contributed by atoms with E-state index >= 15 is 0 Å². The van der Waals surface area contributed by atoms with E-state index in [1.165, 1.54) is 42.8 Å². The summed E-state index contributed by atoms with van der Waals surface area (Å²) in [7, 11) is 1.67. The number of aromatic nitrogens is 5. The molecular weight excluding hydrogens is 526 g/mol. The average molecular weight is 566 g/mol. The number of carboxylic acid groups (broad SMARTS) is 1. The van der Waals surface area contributed by atoms with E-state index in [4.69, 9.17) is 19.8 Å². The number of anilines is 1. The molecule has 0 radical (unpaired) electrons. The molecule has 0 aliphatic carbocycles. The molecule has 0 saturated carbocycles. The van der Waals surface area contributed by atoms with Crippen LogP contribution in [-0.2, 0) is 6.54 Å². The number of rotatable bonds is 7. The quantitative estimate of drug-likeness (QED) is 0.369. The Morgan fingerprint density at radius 1 is 1.18 bits per heavy atom. The second kappa shape index (κ2) is 11.4. The number of thioether (sulfide) groups is 1. The highest BCUT2D eigenvalue weighted by Gasteiger charge is 2.33. The molecule has 40 heavy (non-hydrogen) atoms. The van der Waals surface area contributed by atoms with Gasteiger partial charge in [0.2, 0.25) is 5.95 Å². The fourth-order valence-electron chi connectivity index (χ4n) is 5.54. The maximum absolute atomic E-state index is 12.4. The summed E-state index contributed by atoms with van der Waals surface area (Å²) in [5, 5.41) is 16.7. The molecule has 2 aliphatic rings. The van der Waals surface area contributed by atoms with Crippen LogP contribution >= 0.6 is 11.8 Å². The van der Waals surface area contributed by atoms with Gasteiger partial charge in [-0.1, -0.05) is 12.0 Å². The number of hydrogen-bond donors (Lipinski definition) is 1. The first kappa shape index (κ1) is 28.4. The Kier molecular flexibility index (Phi) is 8.05. The number of methoxy groups -OCH3 is 1. The minimum atomic E-state index is -1.09. The second-order valence-electron chi connectivity index (χ2n) is 11.6. The third-order valence-corrected chi connectivity index (χ3v) is 8.70. The van der Waals surface area contributed by atoms with E-state index in [9.17, 15) is 9.90 Å². The van der Waals surface area contributed by atoms with Crippen LogP contribution in [0.1, 0.15) is 69.0 Å². The van der Waals surface area contributed by atoms with Crippen molar-refractivity contribution in [2.75, 3.05) is 37.4 Å². The summed E-state index contributed by atoms with van der Waals surface area (Å²) in [5.74, 6) is 1.75. The lowest BCUT2D eigenvalue weighted by molar-refractivity contribution is 0.195. The maximum Gasteiger partial charge on any atom is 0.414 e. The molecule has 0 unspecified atom stereocenters. The van der Waals surface area contributed by atoms with Gasteiger partial charge < -0.3 is 14.7 Å². The van der Waals surface area contributed by atoms with Crippen LogP contribution in [0, 0.1) is 13.8 Å². The first-order valence-corrected chi connectivity index (χ1v) is 14.9. The summed E-state index contributed by atoms with van der Waals surface area (Å²) in [5.41, 5.74) is 4.75. The van der Waals surface area contributed by atoms with Gasteiger partial charge in [0.05, 0.1) is 30.4 Å². The van der Waals surface area contributed by atoms with Gasteiger partial charge in [0.1, 0.15) is 10.8 Å². The van der Waals surface area contributed by atoms with Crippen LogP contribution in [0.25, 0.3) is 17.1 Å². The molecule has 5 rings (SSSR count). The molecule has 0 spiro atoms. The predicted molar refractivity (Wildman–Crippen MR) is 159 cm³/mol. The first-order chi connectivity index (χ1) is 19.1. The third-order valence-electron chi connectivity index (χ3n) is 7.62. The standard InChI is InChI=1S/C29H39N7O3S/c1-18-15-30-22(19(2)24(18)39-6)16-35-25-23-21(33-35)14-20(10-13-34-11-8-7-9-12-34)17-40-26(23)32-27(31-25)36(28(37)38)29(3,4)5/h14-15H,7-13,16-17H2,1-6H3,(H,37,38). The van der Waals surface area contributed by atoms with E-state index in [2.05, 4.69) is 16.0 Å². The smallest absolute Gasteiger partial charge is 0.414 e. The van der Waals surface area contributed by atoms with Crippen molar-refractivity contribution in [1.29, 1.82) is 0 Å². The molecule has 1 saturated heterocycles. The molecule has 1 amide bonds. The summed E-state index contributed by atoms with van der Waals surface area (Å²) in [6.07, 6.45) is 7.73. The van der Waals surface area contributed by atoms with Gasteiger partial charge >= 0.3 is 6.09 Å². The van der Waals surface area contributed by atoms with Gasteiger partial charge in [-0.25, -0.2) is 19.4 Å². The van der Waals surface area contributed by atoms with Crippen LogP contribution in [0.2, 0.25) is 0 Å². The van der Waals surface area contributed by atoms with Crippen molar-refractivity contribution in [1.82, 2.24) is 29.6 Å². The highest BCUT2D eigenvalue weighted by atomic mass is 32.2. The molecule has 0 aromatic carbocycles. The van der Waals surface area contributed by atoms with E-state index in [1.807, 2.05) is 45.5 Å². The molecule has 11 heteroatoms. The van der Waals surface area contributed by atoms with Gasteiger partial charge in [-0.05, 0) is 73.0 Å². The van der Waals surface area contributed by atoms with E-state index in [-0.39, 0.29) is 5.95 Å². The van der Waals surface area contributed by atoms with Crippen LogP contribution in [0.4, 0.5) is 10.7 Å². The van der Waals surface area contributed by atoms with Crippen molar-refractivity contribution in [2.45, 2.75) is 77.4 Å². The summed E-state index contributed by atoms with van der Waals surface area (Å²) < 4.78 is 7.47. The number of nitrogens with zero attached hydrogens (tertiary/aromatic N) is 7. The lowest BCUT2D eigenvalue weighted by atomic mass is 10.1. The molecule has 214 valence electrons. The van der Waals surface area contributed by atoms with Gasteiger partial charge in [0, 0.05) is 35.2 Å². The number of pyridine rings is 1. The number of piperidine rings is 1. The number of amides is 1. The number of carbonyl (C=O) groups is 1. The molecule has 1 fully saturated rings. The highest BCUT2D eigenvalue weighted by Crippen LogP contribution is 2.37. The lowest BCUT2D eigenvalue weighted by Gasteiger charge is -2.31. The van der Waals surface area contributed by atoms with Gasteiger partial charge in [0.15, 0.2) is 5.65 Å².